The van der Waals surface area contributed by atoms with Crippen molar-refractivity contribution in [3.63, 3.8) is 0 Å². The quantitative estimate of drug-likeness (QED) is 0.294. The third-order valence-electron chi connectivity index (χ3n) is 3.76. The number of hydrogen-bond acceptors (Lipinski definition) is 7. The molecule has 148 valence electrons. The molecule has 0 aliphatic rings. The molecule has 2 amide bonds. The maximum atomic E-state index is 12.0. The average Bonchev–Trinajstić information content (AvgIpc) is 2.99. The first kappa shape index (κ1) is 22.6. The zero-order chi connectivity index (χ0) is 19.4. The first-order chi connectivity index (χ1) is 12.5. The Morgan fingerprint density at radius 3 is 2.23 bits per heavy atom. The lowest BCUT2D eigenvalue weighted by atomic mass is 10.2. The standard InChI is InChI=1S/C16H30N6O2S2/c1-4-7-8-9-10-18-13(23)11-25-15-19-20-16(22(15)17)26-12-14(24)21(5-2)6-3/h4-12,17H2,1-3H3,(H,18,23). The number of nitrogens with zero attached hydrogens (tertiary/aromatic N) is 4. The number of nitrogens with two attached hydrogens (primary N) is 1. The average molecular weight is 403 g/mol. The molecule has 8 nitrogen and oxygen atoms in total. The molecule has 0 aliphatic carbocycles. The summed E-state index contributed by atoms with van der Waals surface area (Å²) >= 11 is 2.49. The van der Waals surface area contributed by atoms with Crippen molar-refractivity contribution < 1.29 is 9.59 Å². The van der Waals surface area contributed by atoms with E-state index in [0.29, 0.717) is 29.9 Å². The summed E-state index contributed by atoms with van der Waals surface area (Å²) < 4.78 is 1.33. The van der Waals surface area contributed by atoms with Crippen LogP contribution in [0.5, 0.6) is 0 Å². The van der Waals surface area contributed by atoms with E-state index in [0.717, 1.165) is 12.8 Å². The van der Waals surface area contributed by atoms with Crippen LogP contribution < -0.4 is 11.2 Å². The van der Waals surface area contributed by atoms with Gasteiger partial charge in [-0.05, 0) is 20.3 Å². The Morgan fingerprint density at radius 2 is 1.65 bits per heavy atom. The number of unbranched alkanes of at least 4 members (excludes halogenated alkanes) is 3. The van der Waals surface area contributed by atoms with E-state index in [1.165, 1.54) is 41.0 Å². The van der Waals surface area contributed by atoms with Crippen LogP contribution in [0.4, 0.5) is 0 Å². The van der Waals surface area contributed by atoms with E-state index in [4.69, 9.17) is 5.84 Å². The van der Waals surface area contributed by atoms with Crippen molar-refractivity contribution in [3.8, 4) is 0 Å². The smallest absolute Gasteiger partial charge is 0.233 e. The molecule has 0 fully saturated rings. The van der Waals surface area contributed by atoms with Crippen molar-refractivity contribution in [2.75, 3.05) is 37.0 Å². The van der Waals surface area contributed by atoms with Crippen molar-refractivity contribution in [2.24, 2.45) is 0 Å². The largest absolute Gasteiger partial charge is 0.355 e. The van der Waals surface area contributed by atoms with E-state index in [1.807, 2.05) is 13.8 Å². The summed E-state index contributed by atoms with van der Waals surface area (Å²) in [7, 11) is 0. The zero-order valence-corrected chi connectivity index (χ0v) is 17.5. The van der Waals surface area contributed by atoms with Gasteiger partial charge in [0, 0.05) is 19.6 Å². The first-order valence-electron chi connectivity index (χ1n) is 9.03. The lowest BCUT2D eigenvalue weighted by Crippen LogP contribution is -2.32. The van der Waals surface area contributed by atoms with Crippen molar-refractivity contribution in [3.05, 3.63) is 0 Å². The molecule has 0 atom stereocenters. The molecule has 1 aromatic rings. The van der Waals surface area contributed by atoms with Gasteiger partial charge in [-0.15, -0.1) is 10.2 Å². The van der Waals surface area contributed by atoms with Gasteiger partial charge >= 0.3 is 0 Å². The van der Waals surface area contributed by atoms with Gasteiger partial charge in [-0.2, -0.15) is 0 Å². The lowest BCUT2D eigenvalue weighted by Gasteiger charge is -2.17. The van der Waals surface area contributed by atoms with Crippen molar-refractivity contribution in [2.45, 2.75) is 56.8 Å². The molecule has 1 aromatic heterocycles. The van der Waals surface area contributed by atoms with Crippen LogP contribution in [0.25, 0.3) is 0 Å². The normalized spacial score (nSPS) is 10.7. The number of nitrogens with one attached hydrogen (secondary N) is 1. The van der Waals surface area contributed by atoms with Gasteiger partial charge in [-0.3, -0.25) is 9.59 Å². The van der Waals surface area contributed by atoms with Gasteiger partial charge in [-0.25, -0.2) is 4.68 Å². The minimum Gasteiger partial charge on any atom is -0.355 e. The molecule has 0 bridgehead atoms. The highest BCUT2D eigenvalue weighted by Crippen LogP contribution is 2.20. The third-order valence-corrected chi connectivity index (χ3v) is 5.63. The van der Waals surface area contributed by atoms with Crippen LogP contribution in [-0.4, -0.2) is 62.7 Å². The molecule has 0 aliphatic heterocycles. The van der Waals surface area contributed by atoms with Crippen LogP contribution in [0.2, 0.25) is 0 Å². The highest BCUT2D eigenvalue weighted by Gasteiger charge is 2.16. The maximum Gasteiger partial charge on any atom is 0.233 e. The van der Waals surface area contributed by atoms with E-state index >= 15 is 0 Å². The van der Waals surface area contributed by atoms with Crippen molar-refractivity contribution >= 4 is 35.3 Å². The molecule has 26 heavy (non-hydrogen) atoms. The Morgan fingerprint density at radius 1 is 1.04 bits per heavy atom. The number of thioether (sulfide) groups is 2. The van der Waals surface area contributed by atoms with Crippen LogP contribution in [0.3, 0.4) is 0 Å². The van der Waals surface area contributed by atoms with Gasteiger partial charge in [0.05, 0.1) is 11.5 Å². The van der Waals surface area contributed by atoms with E-state index in [9.17, 15) is 9.59 Å². The molecule has 0 unspecified atom stereocenters. The molecule has 3 N–H and O–H groups in total. The molecule has 0 saturated heterocycles. The van der Waals surface area contributed by atoms with E-state index in [1.54, 1.807) is 4.90 Å². The maximum absolute atomic E-state index is 12.0. The van der Waals surface area contributed by atoms with Crippen LogP contribution in [0.1, 0.15) is 46.5 Å². The summed E-state index contributed by atoms with van der Waals surface area (Å²) in [6.07, 6.45) is 4.50. The number of amides is 2. The predicted octanol–water partition coefficient (Wildman–Crippen LogP) is 1.74. The van der Waals surface area contributed by atoms with Crippen LogP contribution in [0, 0.1) is 0 Å². The molecular weight excluding hydrogens is 372 g/mol. The minimum absolute atomic E-state index is 0.0413. The fraction of sp³-hybridized carbons (Fsp3) is 0.750. The van der Waals surface area contributed by atoms with Gasteiger partial charge in [0.1, 0.15) is 0 Å². The fourth-order valence-corrected chi connectivity index (χ4v) is 3.72. The second-order valence-electron chi connectivity index (χ2n) is 5.69. The first-order valence-corrected chi connectivity index (χ1v) is 11.0. The predicted molar refractivity (Wildman–Crippen MR) is 107 cm³/mol. The fourth-order valence-electron chi connectivity index (χ4n) is 2.22. The minimum atomic E-state index is -0.0413. The highest BCUT2D eigenvalue weighted by atomic mass is 32.2. The monoisotopic (exact) mass is 402 g/mol. The zero-order valence-electron chi connectivity index (χ0n) is 15.9. The summed E-state index contributed by atoms with van der Waals surface area (Å²) in [4.78, 5) is 25.6. The number of hydrogen-bond donors (Lipinski definition) is 2. The molecule has 1 rings (SSSR count). The van der Waals surface area contributed by atoms with Crippen molar-refractivity contribution in [1.29, 1.82) is 0 Å². The van der Waals surface area contributed by atoms with E-state index < -0.39 is 0 Å². The number of nitrogen functional groups attached to an aromatic ring is 1. The summed E-state index contributed by atoms with van der Waals surface area (Å²) in [5.41, 5.74) is 0. The second-order valence-corrected chi connectivity index (χ2v) is 7.57. The number of rotatable bonds is 13. The SMILES string of the molecule is CCCCCCNC(=O)CSc1nnc(SCC(=O)N(CC)CC)n1N. The van der Waals surface area contributed by atoms with Gasteiger partial charge in [0.2, 0.25) is 22.1 Å². The second kappa shape index (κ2) is 12.9. The number of carbonyl (C=O) groups is 2. The van der Waals surface area contributed by atoms with Crippen LogP contribution in [-0.2, 0) is 9.59 Å². The topological polar surface area (TPSA) is 106 Å². The van der Waals surface area contributed by atoms with Gasteiger partial charge < -0.3 is 16.1 Å². The highest BCUT2D eigenvalue weighted by molar-refractivity contribution is 8.00. The summed E-state index contributed by atoms with van der Waals surface area (Å²) in [6.45, 7) is 8.11. The lowest BCUT2D eigenvalue weighted by molar-refractivity contribution is -0.128. The molecular formula is C16H30N6O2S2. The molecule has 0 saturated carbocycles. The van der Waals surface area contributed by atoms with E-state index in [-0.39, 0.29) is 23.3 Å². The van der Waals surface area contributed by atoms with Gasteiger partial charge in [-0.1, -0.05) is 49.7 Å². The van der Waals surface area contributed by atoms with E-state index in [2.05, 4.69) is 22.4 Å². The molecule has 10 heteroatoms. The Labute approximate surface area is 164 Å². The molecule has 0 aromatic carbocycles. The molecule has 0 spiro atoms. The van der Waals surface area contributed by atoms with Gasteiger partial charge in [0.25, 0.3) is 0 Å². The number of carbonyl (C=O) groups excluding carboxylic acids is 2. The summed E-state index contributed by atoms with van der Waals surface area (Å²) in [6, 6.07) is 0. The Balaban J connectivity index is 2.37. The Kier molecular flexibility index (Phi) is 11.2. The van der Waals surface area contributed by atoms with Gasteiger partial charge in [0.15, 0.2) is 0 Å². The summed E-state index contributed by atoms with van der Waals surface area (Å²) in [5.74, 6) is 6.47. The summed E-state index contributed by atoms with van der Waals surface area (Å²) in [5, 5.41) is 11.8. The molecule has 0 radical (unpaired) electrons. The molecule has 1 heterocycles. The Hall–Kier alpha value is -1.42. The van der Waals surface area contributed by atoms with Crippen LogP contribution >= 0.6 is 23.5 Å². The number of aromatic nitrogens is 3. The Bertz CT molecular complexity index is 563. The van der Waals surface area contributed by atoms with Crippen LogP contribution in [0.15, 0.2) is 10.3 Å². The van der Waals surface area contributed by atoms with Crippen molar-refractivity contribution in [1.82, 2.24) is 25.1 Å². The third kappa shape index (κ3) is 7.86.